The molecule has 0 spiro atoms. The molecule has 1 aliphatic rings. The van der Waals surface area contributed by atoms with Crippen molar-refractivity contribution < 1.29 is 4.42 Å². The van der Waals surface area contributed by atoms with Crippen molar-refractivity contribution in [3.8, 4) is 0 Å². The smallest absolute Gasteiger partial charge is 0.142 e. The molecule has 4 heteroatoms. The maximum atomic E-state index is 6.67. The molecule has 1 aromatic heterocycles. The lowest BCUT2D eigenvalue weighted by atomic mass is 9.94. The fourth-order valence-corrected chi connectivity index (χ4v) is 4.89. The highest BCUT2D eigenvalue weighted by Crippen LogP contribution is 2.42. The van der Waals surface area contributed by atoms with Crippen molar-refractivity contribution in [2.45, 2.75) is 19.9 Å². The summed E-state index contributed by atoms with van der Waals surface area (Å²) in [4.78, 5) is 2.27. The maximum absolute atomic E-state index is 6.67. The molecule has 196 valence electrons. The highest BCUT2D eigenvalue weighted by Gasteiger charge is 2.26. The molecule has 0 amide bonds. The molecule has 1 atom stereocenters. The van der Waals surface area contributed by atoms with Gasteiger partial charge in [0.2, 0.25) is 0 Å². The average Bonchev–Trinajstić information content (AvgIpc) is 3.36. The third-order valence-electron chi connectivity index (χ3n) is 6.70. The summed E-state index contributed by atoms with van der Waals surface area (Å²) in [5.74, 6) is 0.801. The van der Waals surface area contributed by atoms with Crippen LogP contribution in [0.4, 0.5) is 5.69 Å². The summed E-state index contributed by atoms with van der Waals surface area (Å²) in [6, 6.07) is 36.9. The van der Waals surface area contributed by atoms with E-state index in [1.807, 2.05) is 74.5 Å². The largest absolute Gasteiger partial charge is 0.455 e. The number of para-hydroxylation sites is 2. The van der Waals surface area contributed by atoms with Crippen LogP contribution < -0.4 is 10.6 Å². The maximum Gasteiger partial charge on any atom is 0.142 e. The minimum Gasteiger partial charge on any atom is -0.455 e. The van der Waals surface area contributed by atoms with Crippen LogP contribution in [0.25, 0.3) is 28.3 Å². The fourth-order valence-electron chi connectivity index (χ4n) is 4.89. The molecule has 0 aliphatic carbocycles. The molecule has 0 bridgehead atoms. The van der Waals surface area contributed by atoms with Gasteiger partial charge in [0.1, 0.15) is 11.3 Å². The van der Waals surface area contributed by atoms with Crippen molar-refractivity contribution in [3.63, 3.8) is 0 Å². The quantitative estimate of drug-likeness (QED) is 0.252. The molecular weight excluding hydrogens is 496 g/mol. The van der Waals surface area contributed by atoms with Gasteiger partial charge in [-0.15, -0.1) is 0 Å². The molecule has 5 aromatic rings. The predicted octanol–water partition coefficient (Wildman–Crippen LogP) is 9.17. The Bertz CT molecular complexity index is 1620. The highest BCUT2D eigenvalue weighted by atomic mass is 32.1. The molecule has 0 saturated carbocycles. The van der Waals surface area contributed by atoms with Crippen molar-refractivity contribution in [2.24, 2.45) is 5.73 Å². The Morgan fingerprint density at radius 3 is 2.18 bits per heavy atom. The van der Waals surface area contributed by atoms with E-state index in [1.54, 1.807) is 0 Å². The molecule has 2 heterocycles. The van der Waals surface area contributed by atoms with Gasteiger partial charge in [-0.2, -0.15) is 13.5 Å². The van der Waals surface area contributed by atoms with Gasteiger partial charge in [-0.25, -0.2) is 0 Å². The van der Waals surface area contributed by atoms with Gasteiger partial charge in [0.15, 0.2) is 0 Å². The number of nitrogens with two attached hydrogens (primary N) is 1. The first-order valence-corrected chi connectivity index (χ1v) is 13.0. The van der Waals surface area contributed by atoms with E-state index in [4.69, 9.17) is 10.2 Å². The zero-order chi connectivity index (χ0) is 26.5. The van der Waals surface area contributed by atoms with Crippen LogP contribution in [0.3, 0.4) is 0 Å². The van der Waals surface area contributed by atoms with E-state index in [2.05, 4.69) is 78.4 Å². The fraction of sp³-hybridized carbons (Fsp3) is 0.0857. The van der Waals surface area contributed by atoms with Gasteiger partial charge in [-0.05, 0) is 35.4 Å². The van der Waals surface area contributed by atoms with Crippen LogP contribution in [0.2, 0.25) is 0 Å². The predicted molar refractivity (Wildman–Crippen MR) is 172 cm³/mol. The molecule has 1 aliphatic heterocycles. The molecule has 4 aromatic carbocycles. The number of benzene rings is 4. The molecule has 2 N–H and O–H groups in total. The second-order valence-corrected chi connectivity index (χ2v) is 8.90. The summed E-state index contributed by atoms with van der Waals surface area (Å²) >= 11 is 0. The first kappa shape index (κ1) is 27.6. The SMILES string of the molecule is C=C1c2ccccc2N(C(/C=C(\N)c2ccccc2)c2ccccc2)/C=C\c2c1oc1ccccc21.CC.S. The number of fused-ring (bicyclic) bond motifs is 4. The zero-order valence-corrected chi connectivity index (χ0v) is 23.3. The van der Waals surface area contributed by atoms with Crippen LogP contribution in [-0.2, 0) is 0 Å². The summed E-state index contributed by atoms with van der Waals surface area (Å²) in [6.45, 7) is 8.47. The summed E-state index contributed by atoms with van der Waals surface area (Å²) in [5.41, 5.74) is 14.3. The highest BCUT2D eigenvalue weighted by molar-refractivity contribution is 7.59. The van der Waals surface area contributed by atoms with Crippen molar-refractivity contribution in [2.75, 3.05) is 4.90 Å². The number of anilines is 1. The Hall–Kier alpha value is -4.41. The number of furan rings is 1. The third kappa shape index (κ3) is 5.43. The lowest BCUT2D eigenvalue weighted by molar-refractivity contribution is 0.599. The second-order valence-electron chi connectivity index (χ2n) is 8.90. The van der Waals surface area contributed by atoms with Crippen LogP contribution in [0, 0.1) is 0 Å². The van der Waals surface area contributed by atoms with Gasteiger partial charge < -0.3 is 15.1 Å². The normalized spacial score (nSPS) is 14.1. The van der Waals surface area contributed by atoms with Crippen LogP contribution in [0.5, 0.6) is 0 Å². The van der Waals surface area contributed by atoms with E-state index >= 15 is 0 Å². The lowest BCUT2D eigenvalue weighted by Crippen LogP contribution is -2.24. The summed E-state index contributed by atoms with van der Waals surface area (Å²) < 4.78 is 6.30. The van der Waals surface area contributed by atoms with Crippen LogP contribution in [-0.4, -0.2) is 0 Å². The Morgan fingerprint density at radius 1 is 0.821 bits per heavy atom. The summed E-state index contributed by atoms with van der Waals surface area (Å²) in [7, 11) is 0. The topological polar surface area (TPSA) is 42.4 Å². The third-order valence-corrected chi connectivity index (χ3v) is 6.70. The van der Waals surface area contributed by atoms with E-state index in [-0.39, 0.29) is 19.5 Å². The Labute approximate surface area is 238 Å². The number of hydrogen-bond acceptors (Lipinski definition) is 3. The minimum atomic E-state index is -0.142. The van der Waals surface area contributed by atoms with Gasteiger partial charge in [0, 0.05) is 39.7 Å². The molecular formula is C35H34N2OS. The number of rotatable bonds is 4. The summed E-state index contributed by atoms with van der Waals surface area (Å²) in [5, 5.41) is 1.07. The van der Waals surface area contributed by atoms with E-state index in [9.17, 15) is 0 Å². The van der Waals surface area contributed by atoms with Crippen molar-refractivity contribution in [1.82, 2.24) is 0 Å². The van der Waals surface area contributed by atoms with E-state index < -0.39 is 0 Å². The lowest BCUT2D eigenvalue weighted by Gasteiger charge is -2.32. The molecule has 39 heavy (non-hydrogen) atoms. The van der Waals surface area contributed by atoms with E-state index in [1.165, 1.54) is 0 Å². The second kappa shape index (κ2) is 12.4. The number of hydrogen-bond donors (Lipinski definition) is 1. The molecule has 0 radical (unpaired) electrons. The molecule has 1 unspecified atom stereocenters. The summed E-state index contributed by atoms with van der Waals surface area (Å²) in [6.07, 6.45) is 6.40. The first-order chi connectivity index (χ1) is 18.7. The Kier molecular flexibility index (Phi) is 8.80. The Morgan fingerprint density at radius 2 is 1.44 bits per heavy atom. The van der Waals surface area contributed by atoms with E-state index in [0.29, 0.717) is 0 Å². The average molecular weight is 531 g/mol. The number of nitrogens with zero attached hydrogens (tertiary/aromatic N) is 1. The molecule has 0 fully saturated rings. The van der Waals surface area contributed by atoms with Gasteiger partial charge in [0.05, 0.1) is 6.04 Å². The molecule has 3 nitrogen and oxygen atoms in total. The van der Waals surface area contributed by atoms with Gasteiger partial charge in [0.25, 0.3) is 0 Å². The van der Waals surface area contributed by atoms with Crippen LogP contribution in [0.1, 0.15) is 47.9 Å². The van der Waals surface area contributed by atoms with Gasteiger partial charge >= 0.3 is 0 Å². The van der Waals surface area contributed by atoms with Crippen molar-refractivity contribution >= 4 is 47.5 Å². The molecule has 6 rings (SSSR count). The standard InChI is InChI=1S/C33H26N2O.C2H6.H2S/c1-23-26-16-8-10-18-30(26)35(21-20-28-27-17-9-11-19-32(27)36-33(23)28)31(25-14-6-3-7-15-25)22-29(34)24-12-4-2-5-13-24;1-2;/h2-22,31H,1,34H2;1-2H3;1H2/b21-20-,29-22-;;. The van der Waals surface area contributed by atoms with E-state index in [0.717, 1.165) is 55.9 Å². The van der Waals surface area contributed by atoms with Gasteiger partial charge in [-0.3, -0.25) is 0 Å². The molecule has 0 saturated heterocycles. The van der Waals surface area contributed by atoms with Crippen LogP contribution in [0.15, 0.2) is 132 Å². The Balaban J connectivity index is 0.00000115. The minimum absolute atomic E-state index is 0. The van der Waals surface area contributed by atoms with Crippen molar-refractivity contribution in [1.29, 1.82) is 0 Å². The van der Waals surface area contributed by atoms with Crippen molar-refractivity contribution in [3.05, 3.63) is 156 Å². The zero-order valence-electron chi connectivity index (χ0n) is 22.3. The first-order valence-electron chi connectivity index (χ1n) is 13.0. The monoisotopic (exact) mass is 530 g/mol. The van der Waals surface area contributed by atoms with Crippen LogP contribution >= 0.6 is 13.5 Å². The van der Waals surface area contributed by atoms with Gasteiger partial charge in [-0.1, -0.05) is 117 Å².